The summed E-state index contributed by atoms with van der Waals surface area (Å²) in [6.07, 6.45) is -3.39. The summed E-state index contributed by atoms with van der Waals surface area (Å²) in [6, 6.07) is 5.53. The van der Waals surface area contributed by atoms with E-state index in [-0.39, 0.29) is 5.75 Å². The zero-order valence-electron chi connectivity index (χ0n) is 17.6. The van der Waals surface area contributed by atoms with Crippen LogP contribution >= 0.6 is 0 Å². The topological polar surface area (TPSA) is 120 Å². The van der Waals surface area contributed by atoms with E-state index < -0.39 is 37.3 Å². The summed E-state index contributed by atoms with van der Waals surface area (Å²) in [5, 5.41) is 49.9. The van der Waals surface area contributed by atoms with Crippen LogP contribution in [0.3, 0.4) is 0 Å². The van der Waals surface area contributed by atoms with Crippen molar-refractivity contribution >= 4 is 6.08 Å². The molecule has 0 amide bonds. The Kier molecular flexibility index (Phi) is 5.81. The molecular weight excluding hydrogens is 400 g/mol. The summed E-state index contributed by atoms with van der Waals surface area (Å²) in [7, 11) is 0. The van der Waals surface area contributed by atoms with Gasteiger partial charge in [0.1, 0.15) is 35.9 Å². The molecule has 1 heterocycles. The SMILES string of the molecule is C=Cc1c(C)c(O)cc2c1-c1ccc(O[C@@H]3O[C@H](CO)[C@@H](O)[C@H](O)[C@H]3O)c(C)c1CC2. The first kappa shape index (κ1) is 21.8. The standard InChI is InChI=1S/C24H28O7/c1-4-14-11(2)17(26)9-13-5-6-15-12(3)18(8-7-16(15)20(13)14)30-24-23(29)22(28)21(27)19(10-25)31-24/h4,7-9,19,21-29H,1,5-6,10H2,2-3H3/t19-,21-,22+,23-,24-/m1/s1. The maximum atomic E-state index is 10.3. The van der Waals surface area contributed by atoms with Gasteiger partial charge in [-0.3, -0.25) is 0 Å². The molecule has 2 aliphatic rings. The van der Waals surface area contributed by atoms with Crippen molar-refractivity contribution in [1.29, 1.82) is 0 Å². The number of benzene rings is 2. The molecule has 7 heteroatoms. The van der Waals surface area contributed by atoms with Gasteiger partial charge >= 0.3 is 0 Å². The summed E-state index contributed by atoms with van der Waals surface area (Å²) in [6.45, 7) is 7.20. The van der Waals surface area contributed by atoms with Crippen molar-refractivity contribution < 1.29 is 35.0 Å². The Morgan fingerprint density at radius 3 is 2.52 bits per heavy atom. The fourth-order valence-electron chi connectivity index (χ4n) is 4.58. The van der Waals surface area contributed by atoms with Crippen LogP contribution in [0.2, 0.25) is 0 Å². The molecule has 2 aromatic rings. The highest BCUT2D eigenvalue weighted by Crippen LogP contribution is 2.44. The number of aliphatic hydroxyl groups is 4. The predicted octanol–water partition coefficient (Wildman–Crippen LogP) is 1.60. The van der Waals surface area contributed by atoms with Crippen molar-refractivity contribution in [2.24, 2.45) is 0 Å². The van der Waals surface area contributed by atoms with E-state index in [2.05, 4.69) is 6.58 Å². The number of aryl methyl sites for hydroxylation is 1. The summed E-state index contributed by atoms with van der Waals surface area (Å²) >= 11 is 0. The van der Waals surface area contributed by atoms with E-state index in [1.54, 1.807) is 12.1 Å². The molecule has 0 spiro atoms. The Morgan fingerprint density at radius 2 is 1.84 bits per heavy atom. The van der Waals surface area contributed by atoms with Crippen LogP contribution in [0.4, 0.5) is 0 Å². The summed E-state index contributed by atoms with van der Waals surface area (Å²) in [5.74, 6) is 0.749. The van der Waals surface area contributed by atoms with E-state index >= 15 is 0 Å². The molecule has 31 heavy (non-hydrogen) atoms. The molecule has 5 atom stereocenters. The maximum absolute atomic E-state index is 10.3. The number of phenols is 1. The largest absolute Gasteiger partial charge is 0.508 e. The molecule has 0 saturated carbocycles. The second kappa shape index (κ2) is 8.26. The lowest BCUT2D eigenvalue weighted by Crippen LogP contribution is -2.60. The van der Waals surface area contributed by atoms with Crippen LogP contribution in [0.25, 0.3) is 17.2 Å². The maximum Gasteiger partial charge on any atom is 0.229 e. The Balaban J connectivity index is 1.71. The van der Waals surface area contributed by atoms with Crippen molar-refractivity contribution in [3.05, 3.63) is 52.6 Å². The lowest BCUT2D eigenvalue weighted by Gasteiger charge is -2.39. The van der Waals surface area contributed by atoms with Crippen molar-refractivity contribution in [2.45, 2.75) is 57.4 Å². The molecule has 1 fully saturated rings. The van der Waals surface area contributed by atoms with Crippen LogP contribution < -0.4 is 4.74 Å². The van der Waals surface area contributed by atoms with Crippen LogP contribution in [0.1, 0.15) is 27.8 Å². The smallest absolute Gasteiger partial charge is 0.229 e. The second-order valence-corrected chi connectivity index (χ2v) is 8.20. The number of rotatable bonds is 4. The van der Waals surface area contributed by atoms with Gasteiger partial charge in [-0.2, -0.15) is 0 Å². The lowest BCUT2D eigenvalue weighted by atomic mass is 9.79. The number of ether oxygens (including phenoxy) is 2. The normalized spacial score (nSPS) is 27.4. The first-order valence-corrected chi connectivity index (χ1v) is 10.4. The van der Waals surface area contributed by atoms with E-state index in [0.29, 0.717) is 5.75 Å². The zero-order chi connectivity index (χ0) is 22.4. The summed E-state index contributed by atoms with van der Waals surface area (Å²) in [4.78, 5) is 0. The second-order valence-electron chi connectivity index (χ2n) is 8.20. The molecule has 5 N–H and O–H groups in total. The first-order valence-electron chi connectivity index (χ1n) is 10.4. The van der Waals surface area contributed by atoms with E-state index in [1.807, 2.05) is 26.0 Å². The molecule has 7 nitrogen and oxygen atoms in total. The number of aliphatic hydroxyl groups excluding tert-OH is 4. The van der Waals surface area contributed by atoms with Crippen LogP contribution in [0.5, 0.6) is 11.5 Å². The van der Waals surface area contributed by atoms with Gasteiger partial charge in [0.2, 0.25) is 6.29 Å². The highest BCUT2D eigenvalue weighted by atomic mass is 16.7. The molecule has 4 rings (SSSR count). The molecule has 1 saturated heterocycles. The van der Waals surface area contributed by atoms with Crippen LogP contribution in [0, 0.1) is 13.8 Å². The lowest BCUT2D eigenvalue weighted by molar-refractivity contribution is -0.277. The molecule has 0 aromatic heterocycles. The quantitative estimate of drug-likeness (QED) is 0.502. The van der Waals surface area contributed by atoms with Gasteiger partial charge in [0.05, 0.1) is 6.61 Å². The van der Waals surface area contributed by atoms with E-state index in [1.165, 1.54) is 0 Å². The monoisotopic (exact) mass is 428 g/mol. The van der Waals surface area contributed by atoms with Gasteiger partial charge in [0.25, 0.3) is 0 Å². The molecule has 0 bridgehead atoms. The van der Waals surface area contributed by atoms with Gasteiger partial charge < -0.3 is 35.0 Å². The molecule has 0 unspecified atom stereocenters. The van der Waals surface area contributed by atoms with Gasteiger partial charge in [0.15, 0.2) is 0 Å². The molecule has 166 valence electrons. The minimum Gasteiger partial charge on any atom is -0.508 e. The van der Waals surface area contributed by atoms with Crippen molar-refractivity contribution in [3.8, 4) is 22.6 Å². The molecule has 0 radical (unpaired) electrons. The fourth-order valence-corrected chi connectivity index (χ4v) is 4.58. The van der Waals surface area contributed by atoms with E-state index in [4.69, 9.17) is 9.47 Å². The zero-order valence-corrected chi connectivity index (χ0v) is 17.6. The average Bonchev–Trinajstić information content (AvgIpc) is 2.76. The van der Waals surface area contributed by atoms with E-state index in [9.17, 15) is 25.5 Å². The number of hydrogen-bond acceptors (Lipinski definition) is 7. The minimum atomic E-state index is -1.49. The Morgan fingerprint density at radius 1 is 1.10 bits per heavy atom. The molecule has 1 aliphatic carbocycles. The van der Waals surface area contributed by atoms with E-state index in [0.717, 1.165) is 51.8 Å². The van der Waals surface area contributed by atoms with Gasteiger partial charge in [-0.1, -0.05) is 18.7 Å². The van der Waals surface area contributed by atoms with Crippen LogP contribution in [0.15, 0.2) is 24.8 Å². The summed E-state index contributed by atoms with van der Waals surface area (Å²) < 4.78 is 11.4. The first-order chi connectivity index (χ1) is 14.8. The van der Waals surface area contributed by atoms with Gasteiger partial charge in [-0.15, -0.1) is 0 Å². The van der Waals surface area contributed by atoms with Crippen molar-refractivity contribution in [1.82, 2.24) is 0 Å². The molecule has 1 aliphatic heterocycles. The van der Waals surface area contributed by atoms with Crippen molar-refractivity contribution in [3.63, 3.8) is 0 Å². The van der Waals surface area contributed by atoms with Gasteiger partial charge in [-0.05, 0) is 77.8 Å². The average molecular weight is 428 g/mol. The highest BCUT2D eigenvalue weighted by Gasteiger charge is 2.45. The van der Waals surface area contributed by atoms with Crippen molar-refractivity contribution in [2.75, 3.05) is 6.61 Å². The Hall–Kier alpha value is -2.42. The highest BCUT2D eigenvalue weighted by molar-refractivity contribution is 5.85. The molecule has 2 aromatic carbocycles. The van der Waals surface area contributed by atoms with Crippen LogP contribution in [-0.4, -0.2) is 62.8 Å². The number of phenolic OH excluding ortho intramolecular Hbond substituents is 1. The fraction of sp³-hybridized carbons (Fsp3) is 0.417. The Labute approximate surface area is 180 Å². The number of hydrogen-bond donors (Lipinski definition) is 5. The summed E-state index contributed by atoms with van der Waals surface area (Å²) in [5.41, 5.74) is 6.79. The molecular formula is C24H28O7. The predicted molar refractivity (Wildman–Crippen MR) is 115 cm³/mol. The third kappa shape index (κ3) is 3.52. The number of fused-ring (bicyclic) bond motifs is 3. The number of aromatic hydroxyl groups is 1. The third-order valence-corrected chi connectivity index (χ3v) is 6.45. The minimum absolute atomic E-state index is 0.261. The van der Waals surface area contributed by atoms with Gasteiger partial charge in [0, 0.05) is 0 Å². The van der Waals surface area contributed by atoms with Gasteiger partial charge in [-0.25, -0.2) is 0 Å². The van der Waals surface area contributed by atoms with Crippen LogP contribution in [-0.2, 0) is 17.6 Å². The third-order valence-electron chi connectivity index (χ3n) is 6.45. The Bertz CT molecular complexity index is 1010.